The first-order chi connectivity index (χ1) is 59.2. The Morgan fingerprint density at radius 3 is 0.961 bits per heavy atom. The number of rotatable bonds is 29. The number of benzene rings is 6. The maximum Gasteiger partial charge on any atom is 1.00 e. The number of aldehydes is 1. The Morgan fingerprint density at radius 2 is 0.729 bits per heavy atom. The molecule has 0 saturated heterocycles. The number of methoxy groups -OCH3 is 7. The summed E-state index contributed by atoms with van der Waals surface area (Å²) in [6, 6.07) is 44.4. The number of esters is 2. The van der Waals surface area contributed by atoms with Crippen molar-refractivity contribution < 1.29 is 241 Å². The van der Waals surface area contributed by atoms with Crippen LogP contribution >= 0.6 is 12.4 Å². The molecule has 0 aliphatic carbocycles. The standard InChI is InChI=1S/C16H23NO5.C15H21NO5.C15H23NO4.C15H21NO4.C12H17NO3.C12H15NO2.C4H7NO.CH3F.CH2O3.ClH.2K.H/c1-16(2,3)22-15(19)17-13(14(18)21-5)10-11-6-8-12(20-4)9-7-11;1-15(2,3)21-14(19)16-12(13(18)20-4)9-10-5-7-11(17)8-6-10;2*1-15(2,3)20-14(18)16-12(10-17)9-11-5-7-13(19-4)8-6-11;1-8(11(14)12(13)15)7-9-3-5-10(16-2)6-4-9;1-9(12(14)8-13)7-10-3-5-11(15-2)6-4-10;1-4(2,6)3-5;1-2;2-1-4-3;;;;/h6-9,13H,10H2,1-5H3,(H,17,19);5-8,12,17H,9H2,1-4H3,(H,16,19);5-8,12,17H,9-10H2,1-4H3,(H,16,18);5-8,10,12H,9H2,1-4H3,(H,16,18);3-6,8,11,14H,7H2,1-2H3,(H2,13,15);3-6,9,12,14H,7H2,1-2H3;6H,1-2H3;1H3;1,3H;1H;;;/q;;;;;;;;;;2*+1;-1/p-1/t13-;3*12-;8-,11?;9-,12?;;;;;;;/m000000......./s1/i;;;;;;;1D;;;;;. The third-order valence-corrected chi connectivity index (χ3v) is 15.6. The number of primary amides is 1. The van der Waals surface area contributed by atoms with Gasteiger partial charge in [0.1, 0.15) is 93.1 Å². The van der Waals surface area contributed by atoms with Gasteiger partial charge in [-0.2, -0.15) is 10.5 Å². The number of ether oxygens (including phenoxy) is 11. The number of nitrogens with zero attached hydrogens (tertiary/aromatic N) is 2. The first-order valence-electron chi connectivity index (χ1n) is 39.8. The SMILES string of the molecule is CC(C)(O)C#N.COC(=O)[C@H](Cc1ccc(O)cc1)NC(=O)OC(C)(C)C.COC(=O)[C@H](Cc1ccc(OC)cc1)NC(=O)OC(C)(C)C.COc1ccc(C[C@@H](C=O)NC(=O)OC(C)(C)C)cc1.COc1ccc(C[C@@H](CO)NC(=O)OC(C)(C)C)cc1.COc1ccc(C[C@H](C)C(O)C#N)cc1.COc1ccc(C[C@H](C)C(O)C(N)=O)cc1.Cl.O=CO[O-].[2H]CF.[H-].[K+].[K+]. The molecular weight excluding hydrogens is 1760 g/mol. The minimum Gasteiger partial charge on any atom is -1.00 e. The predicted octanol–water partition coefficient (Wildman–Crippen LogP) is 5.08. The molecule has 34 nitrogen and oxygen atoms in total. The van der Waals surface area contributed by atoms with E-state index in [2.05, 4.69) is 30.9 Å². The number of nitrogens with two attached hydrogens (primary N) is 1. The molecule has 0 radical (unpaired) electrons. The van der Waals surface area contributed by atoms with Crippen molar-refractivity contribution in [3.05, 3.63) is 179 Å². The third kappa shape index (κ3) is 67.8. The Hall–Kier alpha value is -8.98. The van der Waals surface area contributed by atoms with Crippen molar-refractivity contribution >= 4 is 67.4 Å². The number of hydrogen-bond acceptors (Lipinski definition) is 29. The summed E-state index contributed by atoms with van der Waals surface area (Å²) in [5, 5.41) is 80.9. The van der Waals surface area contributed by atoms with E-state index in [1.807, 2.05) is 122 Å². The zero-order valence-corrected chi connectivity index (χ0v) is 85.8. The number of hydrogen-bond donors (Lipinski definition) is 10. The molecule has 0 aromatic heterocycles. The fourth-order valence-electron chi connectivity index (χ4n) is 9.62. The van der Waals surface area contributed by atoms with Crippen LogP contribution in [0.3, 0.4) is 0 Å². The Bertz CT molecular complexity index is 4210. The second-order valence-electron chi connectivity index (χ2n) is 31.7. The maximum atomic E-state index is 11.8. The molecule has 129 heavy (non-hydrogen) atoms. The van der Waals surface area contributed by atoms with Crippen LogP contribution in [-0.4, -0.2) is 208 Å². The second kappa shape index (κ2) is 70.8. The van der Waals surface area contributed by atoms with Gasteiger partial charge in [-0.05, 0) is 241 Å². The van der Waals surface area contributed by atoms with Gasteiger partial charge in [0.25, 0.3) is 6.47 Å². The third-order valence-electron chi connectivity index (χ3n) is 15.6. The quantitative estimate of drug-likeness (QED) is 0.00556. The summed E-state index contributed by atoms with van der Waals surface area (Å²) in [4.78, 5) is 103. The Labute approximate surface area is 852 Å². The van der Waals surface area contributed by atoms with E-state index in [0.29, 0.717) is 38.4 Å². The Kier molecular flexibility index (Phi) is 70.5. The van der Waals surface area contributed by atoms with Crippen LogP contribution in [0, 0.1) is 34.5 Å². The Morgan fingerprint density at radius 1 is 0.481 bits per heavy atom. The molecule has 0 heterocycles. The number of phenols is 1. The van der Waals surface area contributed by atoms with E-state index < -0.39 is 108 Å². The van der Waals surface area contributed by atoms with Crippen LogP contribution in [0.4, 0.5) is 23.6 Å². The van der Waals surface area contributed by atoms with Gasteiger partial charge < -0.3 is 121 Å². The van der Waals surface area contributed by atoms with Crippen LogP contribution in [-0.2, 0) is 95.8 Å². The predicted molar refractivity (Wildman–Crippen MR) is 475 cm³/mol. The summed E-state index contributed by atoms with van der Waals surface area (Å²) in [6.45, 7) is 27.4. The van der Waals surface area contributed by atoms with Crippen molar-refractivity contribution in [3.63, 3.8) is 0 Å². The van der Waals surface area contributed by atoms with Crippen LogP contribution < -0.4 is 159 Å². The van der Waals surface area contributed by atoms with Crippen LogP contribution in [0.5, 0.6) is 34.5 Å². The van der Waals surface area contributed by atoms with Gasteiger partial charge in [0.2, 0.25) is 5.91 Å². The first-order valence-corrected chi connectivity index (χ1v) is 39.1. The van der Waals surface area contributed by atoms with E-state index in [-0.39, 0.29) is 160 Å². The summed E-state index contributed by atoms with van der Waals surface area (Å²) in [7, 11) is 9.54. The van der Waals surface area contributed by atoms with Crippen molar-refractivity contribution in [1.82, 2.24) is 21.3 Å². The van der Waals surface area contributed by atoms with Crippen molar-refractivity contribution in [2.24, 2.45) is 17.6 Å². The van der Waals surface area contributed by atoms with Gasteiger partial charge in [-0.3, -0.25) is 14.0 Å². The number of alkyl carbamates (subject to hydrolysis) is 4. The van der Waals surface area contributed by atoms with Crippen molar-refractivity contribution in [2.45, 2.75) is 214 Å². The molecule has 0 aliphatic rings. The number of phenolic OH excluding ortho intramolecular Hbond substituents is 1. The van der Waals surface area contributed by atoms with Crippen LogP contribution in [0.1, 0.15) is 147 Å². The van der Waals surface area contributed by atoms with Crippen LogP contribution in [0.15, 0.2) is 146 Å². The average molecular weight is 1890 g/mol. The number of carbonyl (C=O) groups excluding carboxylic acids is 9. The number of nitriles is 2. The minimum atomic E-state index is -1.15. The molecule has 0 bridgehead atoms. The van der Waals surface area contributed by atoms with Crippen LogP contribution in [0.2, 0.25) is 0 Å². The number of aliphatic hydroxyl groups excluding tert-OH is 3. The average Bonchev–Trinajstić information content (AvgIpc) is 0.863. The molecule has 0 saturated carbocycles. The number of amides is 5. The van der Waals surface area contributed by atoms with Crippen molar-refractivity contribution in [2.75, 3.05) is 63.5 Å². The zero-order valence-electron chi connectivity index (χ0n) is 80.8. The smallest absolute Gasteiger partial charge is 1.00 e. The monoisotopic (exact) mass is 1890 g/mol. The van der Waals surface area contributed by atoms with Gasteiger partial charge in [0.05, 0.1) is 89.1 Å². The number of halogens is 2. The van der Waals surface area contributed by atoms with Gasteiger partial charge in [0.15, 0.2) is 0 Å². The molecule has 0 aliphatic heterocycles. The Balaban J connectivity index is -0.000000273. The van der Waals surface area contributed by atoms with Gasteiger partial charge in [0, 0.05) is 12.8 Å². The van der Waals surface area contributed by atoms with Crippen molar-refractivity contribution in [1.29, 1.82) is 10.5 Å². The maximum absolute atomic E-state index is 11.8. The topological polar surface area (TPSA) is 510 Å². The van der Waals surface area contributed by atoms with E-state index in [1.165, 1.54) is 40.2 Å². The summed E-state index contributed by atoms with van der Waals surface area (Å²) < 4.78 is 70.8. The summed E-state index contributed by atoms with van der Waals surface area (Å²) >= 11 is 0. The molecule has 0 fully saturated rings. The largest absolute Gasteiger partial charge is 1.00 e. The molecule has 38 heteroatoms. The molecule has 6 rings (SSSR count). The molecule has 11 N–H and O–H groups in total. The molecule has 5 amide bonds. The molecule has 6 aromatic rings. The molecule has 6 aromatic carbocycles. The van der Waals surface area contributed by atoms with E-state index in [1.54, 1.807) is 156 Å². The van der Waals surface area contributed by atoms with Gasteiger partial charge in [-0.1, -0.05) is 86.6 Å². The number of aromatic hydroxyl groups is 1. The summed E-state index contributed by atoms with van der Waals surface area (Å²) in [5.74, 6) is 1.96. The first kappa shape index (κ1) is 129. The molecule has 2 unspecified atom stereocenters. The minimum absolute atomic E-state index is 0. The zero-order chi connectivity index (χ0) is 97.9. The van der Waals surface area contributed by atoms with E-state index in [9.17, 15) is 63.2 Å². The molecular formula is C91H133ClFK2N7O27. The number of carbonyl (C=O) groups is 9. The van der Waals surface area contributed by atoms with E-state index >= 15 is 0 Å². The second-order valence-corrected chi connectivity index (χ2v) is 31.7. The fraction of sp³-hybridized carbons (Fsp3) is 0.484. The normalized spacial score (nSPS) is 12.2. The van der Waals surface area contributed by atoms with E-state index in [0.717, 1.165) is 62.1 Å². The van der Waals surface area contributed by atoms with Gasteiger partial charge in [-0.15, -0.1) is 12.4 Å². The molecule has 710 valence electrons. The fourth-order valence-corrected chi connectivity index (χ4v) is 9.62. The summed E-state index contributed by atoms with van der Waals surface area (Å²) in [5.41, 5.74) is 7.16. The van der Waals surface area contributed by atoms with E-state index in [4.69, 9.17) is 80.2 Å². The van der Waals surface area contributed by atoms with Gasteiger partial charge in [-0.25, -0.2) is 28.8 Å². The van der Waals surface area contributed by atoms with Crippen molar-refractivity contribution in [3.8, 4) is 46.6 Å². The van der Waals surface area contributed by atoms with Gasteiger partial charge >= 0.3 is 139 Å². The number of nitrogens with one attached hydrogen (secondary N) is 4. The number of alkyl halides is 1. The number of aliphatic hydroxyl groups is 4. The summed E-state index contributed by atoms with van der Waals surface area (Å²) in [6.07, 6.45) is -0.967. The van der Waals surface area contributed by atoms with Crippen LogP contribution in [0.25, 0.3) is 0 Å². The molecule has 8 atom stereocenters. The molecule has 0 spiro atoms.